The van der Waals surface area contributed by atoms with Gasteiger partial charge in [-0.2, -0.15) is 0 Å². The van der Waals surface area contributed by atoms with Crippen LogP contribution in [0.2, 0.25) is 0 Å². The van der Waals surface area contributed by atoms with Crippen molar-refractivity contribution >= 4 is 0 Å². The summed E-state index contributed by atoms with van der Waals surface area (Å²) in [6.45, 7) is 10.7. The molecule has 0 heteroatoms. The second kappa shape index (κ2) is 9.88. The summed E-state index contributed by atoms with van der Waals surface area (Å²) in [5.41, 5.74) is 10.2. The van der Waals surface area contributed by atoms with Gasteiger partial charge in [-0.1, -0.05) is 127 Å². The number of hydrogen-bond acceptors (Lipinski definition) is 0. The zero-order chi connectivity index (χ0) is 23.3. The van der Waals surface area contributed by atoms with Crippen molar-refractivity contribution in [3.63, 3.8) is 0 Å². The first-order chi connectivity index (χ1) is 16.0. The summed E-state index contributed by atoms with van der Waals surface area (Å²) < 4.78 is 0. The lowest BCUT2D eigenvalue weighted by atomic mass is 9.69. The van der Waals surface area contributed by atoms with Crippen LogP contribution in [0.5, 0.6) is 0 Å². The highest BCUT2D eigenvalue weighted by Crippen LogP contribution is 2.41. The number of aryl methyl sites for hydroxylation is 1. The lowest BCUT2D eigenvalue weighted by Crippen LogP contribution is -2.26. The van der Waals surface area contributed by atoms with E-state index >= 15 is 0 Å². The van der Waals surface area contributed by atoms with Gasteiger partial charge in [0.15, 0.2) is 0 Å². The third-order valence-corrected chi connectivity index (χ3v) is 6.82. The Bertz CT molecular complexity index is 1240. The van der Waals surface area contributed by atoms with Crippen LogP contribution in [0.1, 0.15) is 41.7 Å². The van der Waals surface area contributed by atoms with Gasteiger partial charge >= 0.3 is 0 Å². The number of allylic oxidation sites excluding steroid dienone is 3. The molecule has 0 fully saturated rings. The fourth-order valence-corrected chi connectivity index (χ4v) is 4.71. The Kier molecular flexibility index (Phi) is 6.75. The van der Waals surface area contributed by atoms with Crippen LogP contribution in [0.15, 0.2) is 127 Å². The van der Waals surface area contributed by atoms with Gasteiger partial charge in [-0.3, -0.25) is 0 Å². The maximum atomic E-state index is 3.95. The van der Waals surface area contributed by atoms with Crippen molar-refractivity contribution in [1.82, 2.24) is 0 Å². The van der Waals surface area contributed by atoms with E-state index in [1.54, 1.807) is 0 Å². The van der Waals surface area contributed by atoms with E-state index in [4.69, 9.17) is 0 Å². The predicted octanol–water partition coefficient (Wildman–Crippen LogP) is 8.69. The Morgan fingerprint density at radius 3 is 1.97 bits per heavy atom. The molecule has 0 spiro atoms. The van der Waals surface area contributed by atoms with Crippen LogP contribution in [0.25, 0.3) is 11.1 Å². The highest BCUT2D eigenvalue weighted by Gasteiger charge is 2.32. The van der Waals surface area contributed by atoms with Crippen LogP contribution in [0, 0.1) is 6.92 Å². The van der Waals surface area contributed by atoms with E-state index in [0.717, 1.165) is 6.42 Å². The molecule has 4 aromatic rings. The molecule has 0 aliphatic rings. The lowest BCUT2D eigenvalue weighted by molar-refractivity contribution is 0.667. The highest BCUT2D eigenvalue weighted by molar-refractivity contribution is 5.63. The molecule has 0 saturated heterocycles. The fourth-order valence-electron chi connectivity index (χ4n) is 4.71. The topological polar surface area (TPSA) is 0 Å². The van der Waals surface area contributed by atoms with E-state index in [1.807, 2.05) is 6.08 Å². The monoisotopic (exact) mass is 428 g/mol. The average molecular weight is 429 g/mol. The van der Waals surface area contributed by atoms with Crippen molar-refractivity contribution in [3.8, 4) is 11.1 Å². The summed E-state index contributed by atoms with van der Waals surface area (Å²) in [4.78, 5) is 0. The number of benzene rings is 4. The second-order valence-corrected chi connectivity index (χ2v) is 8.97. The molecular weight excluding hydrogens is 396 g/mol. The number of rotatable bonds is 7. The van der Waals surface area contributed by atoms with Crippen LogP contribution in [-0.4, -0.2) is 0 Å². The Morgan fingerprint density at radius 2 is 1.33 bits per heavy atom. The van der Waals surface area contributed by atoms with E-state index in [9.17, 15) is 0 Å². The third-order valence-electron chi connectivity index (χ3n) is 6.82. The van der Waals surface area contributed by atoms with Gasteiger partial charge in [0.1, 0.15) is 0 Å². The Hall–Kier alpha value is -3.64. The SMILES string of the molecule is C=C/C=C(\C)C(C)(c1ccccc1)c1cc(Cc2ccc(-c3ccccc3)cc2)ccc1C. The van der Waals surface area contributed by atoms with Crippen molar-refractivity contribution in [1.29, 1.82) is 0 Å². The minimum atomic E-state index is -0.216. The molecule has 0 amide bonds. The predicted molar refractivity (Wildman–Crippen MR) is 143 cm³/mol. The van der Waals surface area contributed by atoms with E-state index in [0.29, 0.717) is 0 Å². The molecule has 1 unspecified atom stereocenters. The Labute approximate surface area is 199 Å². The molecule has 0 heterocycles. The smallest absolute Gasteiger partial charge is 0.0386 e. The molecule has 33 heavy (non-hydrogen) atoms. The summed E-state index contributed by atoms with van der Waals surface area (Å²) in [5, 5.41) is 0. The van der Waals surface area contributed by atoms with Crippen LogP contribution in [0.4, 0.5) is 0 Å². The van der Waals surface area contributed by atoms with Crippen molar-refractivity contribution < 1.29 is 0 Å². The van der Waals surface area contributed by atoms with Crippen molar-refractivity contribution in [2.75, 3.05) is 0 Å². The van der Waals surface area contributed by atoms with Crippen LogP contribution < -0.4 is 0 Å². The molecule has 0 bridgehead atoms. The summed E-state index contributed by atoms with van der Waals surface area (Å²) in [5.74, 6) is 0. The van der Waals surface area contributed by atoms with Crippen LogP contribution >= 0.6 is 0 Å². The second-order valence-electron chi connectivity index (χ2n) is 8.97. The lowest BCUT2D eigenvalue weighted by Gasteiger charge is -2.34. The first-order valence-corrected chi connectivity index (χ1v) is 11.6. The molecule has 0 aliphatic carbocycles. The summed E-state index contributed by atoms with van der Waals surface area (Å²) in [7, 11) is 0. The molecule has 164 valence electrons. The molecule has 4 aromatic carbocycles. The summed E-state index contributed by atoms with van der Waals surface area (Å²) in [6.07, 6.45) is 4.95. The fraction of sp³-hybridized carbons (Fsp3) is 0.152. The molecular formula is C33H32. The maximum Gasteiger partial charge on any atom is 0.0386 e. The third kappa shape index (κ3) is 4.76. The molecule has 4 rings (SSSR count). The standard InChI is InChI=1S/C33H32/c1-5-12-26(3)33(4,31-15-10-7-11-16-31)32-24-28(18-17-25(32)2)23-27-19-21-30(22-20-27)29-13-8-6-9-14-29/h5-22,24H,1,23H2,2-4H3/b26-12+. The minimum absolute atomic E-state index is 0.216. The quantitative estimate of drug-likeness (QED) is 0.258. The van der Waals surface area contributed by atoms with Gasteiger partial charge < -0.3 is 0 Å². The van der Waals surface area contributed by atoms with Crippen molar-refractivity contribution in [2.45, 2.75) is 32.6 Å². The summed E-state index contributed by atoms with van der Waals surface area (Å²) >= 11 is 0. The average Bonchev–Trinajstić information content (AvgIpc) is 2.86. The first-order valence-electron chi connectivity index (χ1n) is 11.6. The normalized spacial score (nSPS) is 13.4. The Morgan fingerprint density at radius 1 is 0.758 bits per heavy atom. The van der Waals surface area contributed by atoms with Crippen molar-refractivity contribution in [3.05, 3.63) is 155 Å². The minimum Gasteiger partial charge on any atom is -0.0991 e. The first kappa shape index (κ1) is 22.6. The van der Waals surface area contributed by atoms with Gasteiger partial charge in [-0.15, -0.1) is 0 Å². The van der Waals surface area contributed by atoms with Crippen LogP contribution in [-0.2, 0) is 11.8 Å². The van der Waals surface area contributed by atoms with Gasteiger partial charge in [-0.25, -0.2) is 0 Å². The zero-order valence-corrected chi connectivity index (χ0v) is 19.9. The van der Waals surface area contributed by atoms with Gasteiger partial charge in [0.25, 0.3) is 0 Å². The van der Waals surface area contributed by atoms with Gasteiger partial charge in [0, 0.05) is 5.41 Å². The molecule has 1 atom stereocenters. The van der Waals surface area contributed by atoms with E-state index in [1.165, 1.54) is 44.5 Å². The van der Waals surface area contributed by atoms with Gasteiger partial charge in [0.05, 0.1) is 0 Å². The summed E-state index contributed by atoms with van der Waals surface area (Å²) in [6, 6.07) is 37.2. The molecule has 0 aliphatic heterocycles. The maximum absolute atomic E-state index is 3.95. The van der Waals surface area contributed by atoms with Crippen LogP contribution in [0.3, 0.4) is 0 Å². The number of hydrogen-bond donors (Lipinski definition) is 0. The molecule has 0 nitrogen and oxygen atoms in total. The largest absolute Gasteiger partial charge is 0.0991 e. The molecule has 0 aromatic heterocycles. The van der Waals surface area contributed by atoms with E-state index < -0.39 is 0 Å². The molecule has 0 saturated carbocycles. The zero-order valence-electron chi connectivity index (χ0n) is 19.9. The van der Waals surface area contributed by atoms with Gasteiger partial charge in [0.2, 0.25) is 0 Å². The molecule has 0 N–H and O–H groups in total. The van der Waals surface area contributed by atoms with E-state index in [-0.39, 0.29) is 5.41 Å². The highest BCUT2D eigenvalue weighted by atomic mass is 14.3. The van der Waals surface area contributed by atoms with Crippen molar-refractivity contribution in [2.24, 2.45) is 0 Å². The molecule has 0 radical (unpaired) electrons. The van der Waals surface area contributed by atoms with Gasteiger partial charge in [-0.05, 0) is 66.1 Å². The Balaban J connectivity index is 1.70. The van der Waals surface area contributed by atoms with E-state index in [2.05, 4.69) is 137 Å².